The van der Waals surface area contributed by atoms with Gasteiger partial charge in [-0.05, 0) is 7.05 Å². The van der Waals surface area contributed by atoms with E-state index in [9.17, 15) is 5.11 Å². The summed E-state index contributed by atoms with van der Waals surface area (Å²) in [7, 11) is 3.33. The average Bonchev–Trinajstić information content (AvgIpc) is 2.20. The molecule has 58 valence electrons. The second-order valence-electron chi connectivity index (χ2n) is 2.37. The molecular weight excluding hydrogens is 132 g/mol. The van der Waals surface area contributed by atoms with Crippen LogP contribution in [-0.4, -0.2) is 42.6 Å². The molecule has 0 bridgehead atoms. The van der Waals surface area contributed by atoms with Crippen LogP contribution in [0, 0.1) is 0 Å². The summed E-state index contributed by atoms with van der Waals surface area (Å²) in [5.41, 5.74) is 0.713. The van der Waals surface area contributed by atoms with Gasteiger partial charge in [0.05, 0.1) is 0 Å². The van der Waals surface area contributed by atoms with E-state index in [1.54, 1.807) is 0 Å². The van der Waals surface area contributed by atoms with Crippen molar-refractivity contribution in [1.82, 2.24) is 4.90 Å². The lowest BCUT2D eigenvalue weighted by atomic mass is 10.3. The summed E-state index contributed by atoms with van der Waals surface area (Å²) < 4.78 is 0. The van der Waals surface area contributed by atoms with Gasteiger partial charge in [-0.25, -0.2) is 0 Å². The van der Waals surface area contributed by atoms with Crippen LogP contribution < -0.4 is 0 Å². The summed E-state index contributed by atoms with van der Waals surface area (Å²) in [5, 5.41) is 13.0. The highest BCUT2D eigenvalue weighted by atomic mass is 16.6. The Kier molecular flexibility index (Phi) is 2.24. The van der Waals surface area contributed by atoms with Gasteiger partial charge in [-0.2, -0.15) is 0 Å². The van der Waals surface area contributed by atoms with Crippen molar-refractivity contribution >= 4 is 5.71 Å². The summed E-state index contributed by atoms with van der Waals surface area (Å²) in [6.07, 6.45) is 0.255. The van der Waals surface area contributed by atoms with Gasteiger partial charge in [0.25, 0.3) is 0 Å². The molecule has 1 atom stereocenters. The zero-order valence-electron chi connectivity index (χ0n) is 6.24. The third-order valence-electron chi connectivity index (χ3n) is 1.64. The molecule has 0 saturated carbocycles. The van der Waals surface area contributed by atoms with Crippen LogP contribution in [-0.2, 0) is 4.84 Å². The zero-order chi connectivity index (χ0) is 7.56. The van der Waals surface area contributed by atoms with Crippen LogP contribution in [0.15, 0.2) is 5.16 Å². The summed E-state index contributed by atoms with van der Waals surface area (Å²) in [6, 6.07) is 0. The standard InChI is InChI=1S/C6H12N2O2/c1-8-4-3-5(6(8)9)7-10-2/h6,9H,3-4H2,1-2H3. The Morgan fingerprint density at radius 2 is 2.50 bits per heavy atom. The number of rotatable bonds is 1. The quantitative estimate of drug-likeness (QED) is 0.511. The van der Waals surface area contributed by atoms with Gasteiger partial charge in [-0.15, -0.1) is 0 Å². The Morgan fingerprint density at radius 3 is 2.90 bits per heavy atom. The highest BCUT2D eigenvalue weighted by Crippen LogP contribution is 2.09. The van der Waals surface area contributed by atoms with Gasteiger partial charge < -0.3 is 9.94 Å². The fraction of sp³-hybridized carbons (Fsp3) is 0.833. The Morgan fingerprint density at radius 1 is 1.80 bits per heavy atom. The SMILES string of the molecule is CON=C1CCN(C)C1O. The molecule has 0 amide bonds. The lowest BCUT2D eigenvalue weighted by Gasteiger charge is -2.11. The maximum Gasteiger partial charge on any atom is 0.149 e. The number of hydrogen-bond acceptors (Lipinski definition) is 4. The molecule has 1 saturated heterocycles. The van der Waals surface area contributed by atoms with Crippen molar-refractivity contribution in [1.29, 1.82) is 0 Å². The Hall–Kier alpha value is -0.610. The van der Waals surface area contributed by atoms with Gasteiger partial charge in [-0.1, -0.05) is 5.16 Å². The number of likely N-dealkylation sites (tertiary alicyclic amines) is 1. The van der Waals surface area contributed by atoms with Crippen molar-refractivity contribution in [2.24, 2.45) is 5.16 Å². The molecule has 0 aliphatic carbocycles. The van der Waals surface area contributed by atoms with Crippen molar-refractivity contribution in [2.75, 3.05) is 20.7 Å². The molecule has 10 heavy (non-hydrogen) atoms. The van der Waals surface area contributed by atoms with Crippen molar-refractivity contribution in [3.63, 3.8) is 0 Å². The van der Waals surface area contributed by atoms with Gasteiger partial charge in [0, 0.05) is 13.0 Å². The smallest absolute Gasteiger partial charge is 0.149 e. The highest BCUT2D eigenvalue weighted by molar-refractivity contribution is 5.89. The first-order valence-corrected chi connectivity index (χ1v) is 3.24. The summed E-state index contributed by atoms with van der Waals surface area (Å²) in [6.45, 7) is 0.851. The van der Waals surface area contributed by atoms with Crippen molar-refractivity contribution in [2.45, 2.75) is 12.6 Å². The van der Waals surface area contributed by atoms with Gasteiger partial charge in [-0.3, -0.25) is 4.90 Å². The summed E-state index contributed by atoms with van der Waals surface area (Å²) in [5.74, 6) is 0. The third-order valence-corrected chi connectivity index (χ3v) is 1.64. The Labute approximate surface area is 60.1 Å². The number of nitrogens with zero attached hydrogens (tertiary/aromatic N) is 2. The van der Waals surface area contributed by atoms with E-state index in [1.165, 1.54) is 7.11 Å². The lowest BCUT2D eigenvalue weighted by Crippen LogP contribution is -2.28. The van der Waals surface area contributed by atoms with E-state index in [2.05, 4.69) is 9.99 Å². The molecular formula is C6H12N2O2. The topological polar surface area (TPSA) is 45.1 Å². The van der Waals surface area contributed by atoms with Crippen LogP contribution in [0.1, 0.15) is 6.42 Å². The van der Waals surface area contributed by atoms with E-state index in [-0.39, 0.29) is 0 Å². The molecule has 0 spiro atoms. The Balaban J connectivity index is 2.57. The minimum Gasteiger partial charge on any atom is -0.399 e. The van der Waals surface area contributed by atoms with E-state index in [1.807, 2.05) is 11.9 Å². The first-order valence-electron chi connectivity index (χ1n) is 3.24. The molecule has 0 aromatic rings. The molecule has 1 heterocycles. The molecule has 1 N–H and O–H groups in total. The van der Waals surface area contributed by atoms with Gasteiger partial charge in [0.1, 0.15) is 19.0 Å². The molecule has 0 aromatic heterocycles. The fourth-order valence-electron chi connectivity index (χ4n) is 1.01. The van der Waals surface area contributed by atoms with Gasteiger partial charge >= 0.3 is 0 Å². The monoisotopic (exact) mass is 144 g/mol. The average molecular weight is 144 g/mol. The van der Waals surface area contributed by atoms with E-state index in [0.717, 1.165) is 13.0 Å². The van der Waals surface area contributed by atoms with Crippen molar-refractivity contribution < 1.29 is 9.94 Å². The highest BCUT2D eigenvalue weighted by Gasteiger charge is 2.25. The van der Waals surface area contributed by atoms with Gasteiger partial charge in [0.15, 0.2) is 0 Å². The van der Waals surface area contributed by atoms with E-state index >= 15 is 0 Å². The van der Waals surface area contributed by atoms with Crippen molar-refractivity contribution in [3.05, 3.63) is 0 Å². The fourth-order valence-corrected chi connectivity index (χ4v) is 1.01. The molecule has 0 radical (unpaired) electrons. The number of hydrogen-bond donors (Lipinski definition) is 1. The van der Waals surface area contributed by atoms with Gasteiger partial charge in [0.2, 0.25) is 0 Å². The molecule has 1 unspecified atom stereocenters. The minimum atomic E-state index is -0.542. The second kappa shape index (κ2) is 2.98. The third kappa shape index (κ3) is 1.27. The first-order chi connectivity index (χ1) is 4.75. The molecule has 1 aliphatic rings. The van der Waals surface area contributed by atoms with Crippen LogP contribution in [0.3, 0.4) is 0 Å². The summed E-state index contributed by atoms with van der Waals surface area (Å²) in [4.78, 5) is 6.36. The minimum absolute atomic E-state index is 0.542. The molecule has 1 fully saturated rings. The zero-order valence-corrected chi connectivity index (χ0v) is 6.24. The normalized spacial score (nSPS) is 31.5. The molecule has 1 rings (SSSR count). The van der Waals surface area contributed by atoms with Crippen LogP contribution in [0.4, 0.5) is 0 Å². The van der Waals surface area contributed by atoms with Crippen LogP contribution in [0.5, 0.6) is 0 Å². The maximum absolute atomic E-state index is 9.30. The number of aliphatic hydroxyl groups excluding tert-OH is 1. The number of aliphatic hydroxyl groups is 1. The molecule has 4 nitrogen and oxygen atoms in total. The van der Waals surface area contributed by atoms with E-state index in [4.69, 9.17) is 0 Å². The van der Waals surface area contributed by atoms with E-state index in [0.29, 0.717) is 5.71 Å². The van der Waals surface area contributed by atoms with Crippen LogP contribution in [0.25, 0.3) is 0 Å². The molecule has 1 aliphatic heterocycles. The summed E-state index contributed by atoms with van der Waals surface area (Å²) >= 11 is 0. The van der Waals surface area contributed by atoms with Crippen LogP contribution in [0.2, 0.25) is 0 Å². The second-order valence-corrected chi connectivity index (χ2v) is 2.37. The largest absolute Gasteiger partial charge is 0.399 e. The maximum atomic E-state index is 9.30. The van der Waals surface area contributed by atoms with Crippen molar-refractivity contribution in [3.8, 4) is 0 Å². The van der Waals surface area contributed by atoms with Crippen LogP contribution >= 0.6 is 0 Å². The number of oxime groups is 1. The predicted octanol–water partition coefficient (Wildman–Crippen LogP) is -0.357. The predicted molar refractivity (Wildman–Crippen MR) is 37.7 cm³/mol. The molecule has 4 heteroatoms. The van der Waals surface area contributed by atoms with E-state index < -0.39 is 6.23 Å². The Bertz CT molecular complexity index is 147. The first kappa shape index (κ1) is 7.50. The lowest BCUT2D eigenvalue weighted by molar-refractivity contribution is 0.0969. The molecule has 0 aromatic carbocycles.